The molecule has 3 unspecified atom stereocenters. The highest BCUT2D eigenvalue weighted by atomic mass is 19.4. The minimum atomic E-state index is -4.35. The molecule has 0 aromatic carbocycles. The van der Waals surface area contributed by atoms with Crippen LogP contribution >= 0.6 is 0 Å². The number of carbonyl (C=O) groups excluding carboxylic acids is 1. The van der Waals surface area contributed by atoms with Crippen molar-refractivity contribution in [3.63, 3.8) is 0 Å². The highest BCUT2D eigenvalue weighted by Gasteiger charge is 2.38. The third kappa shape index (κ3) is 3.86. The van der Waals surface area contributed by atoms with Crippen LogP contribution in [0.15, 0.2) is 0 Å². The molecule has 2 N–H and O–H groups in total. The molecule has 0 bridgehead atoms. The van der Waals surface area contributed by atoms with E-state index in [0.29, 0.717) is 6.42 Å². The summed E-state index contributed by atoms with van der Waals surface area (Å²) in [7, 11) is 0. The monoisotopic (exact) mass is 266 g/mol. The second-order valence-corrected chi connectivity index (χ2v) is 5.06. The van der Waals surface area contributed by atoms with Gasteiger partial charge in [0.15, 0.2) is 0 Å². The van der Waals surface area contributed by atoms with Gasteiger partial charge in [-0.1, -0.05) is 13.3 Å². The van der Waals surface area contributed by atoms with E-state index in [0.717, 1.165) is 17.7 Å². The molecule has 1 aliphatic carbocycles. The summed E-state index contributed by atoms with van der Waals surface area (Å²) in [5.41, 5.74) is 5.95. The molecule has 0 aliphatic heterocycles. The fraction of sp³-hybridized carbons (Fsp3) is 0.917. The predicted molar refractivity (Wildman–Crippen MR) is 62.8 cm³/mol. The Morgan fingerprint density at radius 2 is 2.00 bits per heavy atom. The van der Waals surface area contributed by atoms with Crippen molar-refractivity contribution < 1.29 is 18.0 Å². The third-order valence-corrected chi connectivity index (χ3v) is 3.68. The van der Waals surface area contributed by atoms with Crippen LogP contribution in [0, 0.1) is 11.8 Å². The third-order valence-electron chi connectivity index (χ3n) is 3.68. The highest BCUT2D eigenvalue weighted by molar-refractivity contribution is 5.79. The number of rotatable bonds is 3. The molecule has 106 valence electrons. The average Bonchev–Trinajstić information content (AvgIpc) is 2.27. The van der Waals surface area contributed by atoms with E-state index in [2.05, 4.69) is 0 Å². The van der Waals surface area contributed by atoms with E-state index in [-0.39, 0.29) is 18.5 Å². The van der Waals surface area contributed by atoms with Crippen LogP contribution in [0.3, 0.4) is 0 Å². The molecular weight excluding hydrogens is 245 g/mol. The van der Waals surface area contributed by atoms with E-state index in [1.165, 1.54) is 0 Å². The lowest BCUT2D eigenvalue weighted by Crippen LogP contribution is -2.50. The van der Waals surface area contributed by atoms with E-state index in [1.54, 1.807) is 6.92 Å². The number of halogens is 3. The van der Waals surface area contributed by atoms with Gasteiger partial charge in [0.2, 0.25) is 5.91 Å². The van der Waals surface area contributed by atoms with Gasteiger partial charge in [-0.2, -0.15) is 13.2 Å². The number of hydrogen-bond donors (Lipinski definition) is 1. The van der Waals surface area contributed by atoms with Gasteiger partial charge in [-0.25, -0.2) is 0 Å². The van der Waals surface area contributed by atoms with Crippen molar-refractivity contribution in [2.45, 2.75) is 45.3 Å². The summed E-state index contributed by atoms with van der Waals surface area (Å²) in [6, 6.07) is -0.325. The second-order valence-electron chi connectivity index (χ2n) is 5.06. The normalized spacial score (nSPS) is 29.1. The summed E-state index contributed by atoms with van der Waals surface area (Å²) < 4.78 is 37.1. The Bertz CT molecular complexity index is 294. The molecule has 1 amide bonds. The van der Waals surface area contributed by atoms with Gasteiger partial charge in [0.1, 0.15) is 6.54 Å². The zero-order valence-corrected chi connectivity index (χ0v) is 10.8. The van der Waals surface area contributed by atoms with Crippen molar-refractivity contribution in [3.05, 3.63) is 0 Å². The number of nitrogens with zero attached hydrogens (tertiary/aromatic N) is 1. The van der Waals surface area contributed by atoms with Gasteiger partial charge >= 0.3 is 6.18 Å². The van der Waals surface area contributed by atoms with Crippen LogP contribution in [-0.4, -0.2) is 36.1 Å². The topological polar surface area (TPSA) is 46.3 Å². The minimum absolute atomic E-state index is 0.0654. The summed E-state index contributed by atoms with van der Waals surface area (Å²) in [4.78, 5) is 13.0. The molecule has 1 rings (SSSR count). The van der Waals surface area contributed by atoms with E-state index in [9.17, 15) is 18.0 Å². The van der Waals surface area contributed by atoms with Crippen LogP contribution < -0.4 is 5.73 Å². The van der Waals surface area contributed by atoms with Crippen LogP contribution in [-0.2, 0) is 4.79 Å². The summed E-state index contributed by atoms with van der Waals surface area (Å²) >= 11 is 0. The van der Waals surface area contributed by atoms with Gasteiger partial charge in [0.05, 0.1) is 5.92 Å². The Kier molecular flexibility index (Phi) is 5.01. The summed E-state index contributed by atoms with van der Waals surface area (Å²) in [6.45, 7) is 2.39. The Morgan fingerprint density at radius 3 is 2.50 bits per heavy atom. The first-order valence-corrected chi connectivity index (χ1v) is 6.37. The fourth-order valence-electron chi connectivity index (χ4n) is 2.53. The standard InChI is InChI=1S/C12H21F3N2O/c1-3-17(7-12(13,14)15)11(18)9-6-4-5-8(2)10(9)16/h8-10H,3-7,16H2,1-2H3. The molecule has 0 aromatic heterocycles. The highest BCUT2D eigenvalue weighted by Crippen LogP contribution is 2.30. The molecule has 3 atom stereocenters. The molecule has 1 fully saturated rings. The second kappa shape index (κ2) is 5.91. The maximum Gasteiger partial charge on any atom is 0.406 e. The van der Waals surface area contributed by atoms with Gasteiger partial charge in [-0.15, -0.1) is 0 Å². The first-order valence-electron chi connectivity index (χ1n) is 6.37. The van der Waals surface area contributed by atoms with Gasteiger partial charge in [-0.05, 0) is 25.7 Å². The molecule has 0 spiro atoms. The van der Waals surface area contributed by atoms with E-state index in [1.807, 2.05) is 6.92 Å². The lowest BCUT2D eigenvalue weighted by Gasteiger charge is -2.36. The first-order chi connectivity index (χ1) is 8.26. The van der Waals surface area contributed by atoms with E-state index < -0.39 is 24.5 Å². The molecule has 0 heterocycles. The van der Waals surface area contributed by atoms with Crippen molar-refractivity contribution in [1.82, 2.24) is 4.90 Å². The van der Waals surface area contributed by atoms with Gasteiger partial charge in [0, 0.05) is 12.6 Å². The van der Waals surface area contributed by atoms with Crippen molar-refractivity contribution >= 4 is 5.91 Å². The van der Waals surface area contributed by atoms with Crippen molar-refractivity contribution in [1.29, 1.82) is 0 Å². The lowest BCUT2D eigenvalue weighted by atomic mass is 9.77. The maximum atomic E-state index is 12.4. The molecule has 18 heavy (non-hydrogen) atoms. The van der Waals surface area contributed by atoms with Crippen LogP contribution in [0.4, 0.5) is 13.2 Å². The number of carbonyl (C=O) groups is 1. The zero-order valence-electron chi connectivity index (χ0n) is 10.8. The fourth-order valence-corrected chi connectivity index (χ4v) is 2.53. The smallest absolute Gasteiger partial charge is 0.334 e. The van der Waals surface area contributed by atoms with Crippen LogP contribution in [0.1, 0.15) is 33.1 Å². The van der Waals surface area contributed by atoms with Crippen LogP contribution in [0.25, 0.3) is 0 Å². The molecule has 0 saturated heterocycles. The maximum absolute atomic E-state index is 12.4. The SMILES string of the molecule is CCN(CC(F)(F)F)C(=O)C1CCCC(C)C1N. The van der Waals surface area contributed by atoms with Crippen molar-refractivity contribution in [2.24, 2.45) is 17.6 Å². The van der Waals surface area contributed by atoms with Gasteiger partial charge in [0.25, 0.3) is 0 Å². The Morgan fingerprint density at radius 1 is 1.39 bits per heavy atom. The molecule has 0 radical (unpaired) electrons. The van der Waals surface area contributed by atoms with Crippen molar-refractivity contribution in [3.8, 4) is 0 Å². The molecular formula is C12H21F3N2O. The first kappa shape index (κ1) is 15.3. The Labute approximate surface area is 106 Å². The lowest BCUT2D eigenvalue weighted by molar-refractivity contribution is -0.164. The molecule has 3 nitrogen and oxygen atoms in total. The number of alkyl halides is 3. The van der Waals surface area contributed by atoms with Gasteiger partial charge < -0.3 is 10.6 Å². The Balaban J connectivity index is 2.71. The molecule has 1 aliphatic rings. The van der Waals surface area contributed by atoms with Crippen LogP contribution in [0.2, 0.25) is 0 Å². The number of amides is 1. The summed E-state index contributed by atoms with van der Waals surface area (Å²) in [5, 5.41) is 0. The molecule has 0 aromatic rings. The minimum Gasteiger partial charge on any atom is -0.334 e. The van der Waals surface area contributed by atoms with E-state index in [4.69, 9.17) is 5.73 Å². The zero-order chi connectivity index (χ0) is 13.9. The average molecular weight is 266 g/mol. The Hall–Kier alpha value is -0.780. The molecule has 1 saturated carbocycles. The summed E-state index contributed by atoms with van der Waals surface area (Å²) in [5.74, 6) is -0.720. The molecule has 6 heteroatoms. The van der Waals surface area contributed by atoms with Crippen molar-refractivity contribution in [2.75, 3.05) is 13.1 Å². The predicted octanol–water partition coefficient (Wildman–Crippen LogP) is 2.16. The van der Waals surface area contributed by atoms with Gasteiger partial charge in [-0.3, -0.25) is 4.79 Å². The quantitative estimate of drug-likeness (QED) is 0.851. The van der Waals surface area contributed by atoms with E-state index >= 15 is 0 Å². The number of hydrogen-bond acceptors (Lipinski definition) is 2. The van der Waals surface area contributed by atoms with Crippen LogP contribution in [0.5, 0.6) is 0 Å². The number of nitrogens with two attached hydrogens (primary N) is 1. The summed E-state index contributed by atoms with van der Waals surface area (Å²) in [6.07, 6.45) is -1.96. The largest absolute Gasteiger partial charge is 0.406 e.